The summed E-state index contributed by atoms with van der Waals surface area (Å²) in [6, 6.07) is 6.17. The van der Waals surface area contributed by atoms with Gasteiger partial charge in [-0.25, -0.2) is 0 Å². The van der Waals surface area contributed by atoms with E-state index in [4.69, 9.17) is 27.9 Å². The molecule has 1 heterocycles. The SMILES string of the molecule is Clc1ccc(CNC2COC2)cc1Cl. The van der Waals surface area contributed by atoms with Crippen LogP contribution in [0.4, 0.5) is 0 Å². The van der Waals surface area contributed by atoms with Crippen LogP contribution in [0.5, 0.6) is 0 Å². The lowest BCUT2D eigenvalue weighted by molar-refractivity contribution is -0.00578. The smallest absolute Gasteiger partial charge is 0.0643 e. The van der Waals surface area contributed by atoms with Gasteiger partial charge in [-0.2, -0.15) is 0 Å². The van der Waals surface area contributed by atoms with Gasteiger partial charge < -0.3 is 10.1 Å². The molecule has 0 aromatic heterocycles. The maximum atomic E-state index is 5.89. The summed E-state index contributed by atoms with van der Waals surface area (Å²) in [5, 5.41) is 4.56. The van der Waals surface area contributed by atoms with Crippen molar-refractivity contribution in [1.29, 1.82) is 0 Å². The van der Waals surface area contributed by atoms with Crippen molar-refractivity contribution in [3.63, 3.8) is 0 Å². The first-order chi connectivity index (χ1) is 6.75. The molecule has 0 spiro atoms. The zero-order valence-corrected chi connectivity index (χ0v) is 9.11. The van der Waals surface area contributed by atoms with E-state index < -0.39 is 0 Å². The van der Waals surface area contributed by atoms with Crippen molar-refractivity contribution in [2.75, 3.05) is 13.2 Å². The minimum Gasteiger partial charge on any atom is -0.378 e. The van der Waals surface area contributed by atoms with Gasteiger partial charge in [-0.3, -0.25) is 0 Å². The first-order valence-electron chi connectivity index (χ1n) is 4.51. The third-order valence-electron chi connectivity index (χ3n) is 2.22. The zero-order chi connectivity index (χ0) is 9.97. The van der Waals surface area contributed by atoms with Gasteiger partial charge in [0, 0.05) is 6.54 Å². The summed E-state index contributed by atoms with van der Waals surface area (Å²) in [6.45, 7) is 2.42. The van der Waals surface area contributed by atoms with Crippen LogP contribution < -0.4 is 5.32 Å². The summed E-state index contributed by atoms with van der Waals surface area (Å²) >= 11 is 11.7. The lowest BCUT2D eigenvalue weighted by Crippen LogP contribution is -2.45. The molecule has 1 saturated heterocycles. The number of benzene rings is 1. The molecule has 0 radical (unpaired) electrons. The molecule has 1 N–H and O–H groups in total. The molecule has 0 saturated carbocycles. The van der Waals surface area contributed by atoms with E-state index in [1.807, 2.05) is 18.2 Å². The fourth-order valence-electron chi connectivity index (χ4n) is 1.27. The third kappa shape index (κ3) is 2.39. The van der Waals surface area contributed by atoms with E-state index >= 15 is 0 Å². The van der Waals surface area contributed by atoms with Gasteiger partial charge in [-0.1, -0.05) is 29.3 Å². The molecule has 0 bridgehead atoms. The molecule has 1 aromatic carbocycles. The van der Waals surface area contributed by atoms with Crippen LogP contribution in [-0.4, -0.2) is 19.3 Å². The molecule has 1 aliphatic rings. The van der Waals surface area contributed by atoms with Gasteiger partial charge in [0.15, 0.2) is 0 Å². The average molecular weight is 232 g/mol. The zero-order valence-electron chi connectivity index (χ0n) is 7.59. The van der Waals surface area contributed by atoms with Crippen LogP contribution in [0.1, 0.15) is 5.56 Å². The van der Waals surface area contributed by atoms with Crippen molar-refractivity contribution >= 4 is 23.2 Å². The summed E-state index contributed by atoms with van der Waals surface area (Å²) in [5.41, 5.74) is 1.14. The predicted molar refractivity (Wildman–Crippen MR) is 57.9 cm³/mol. The van der Waals surface area contributed by atoms with E-state index in [1.54, 1.807) is 0 Å². The number of rotatable bonds is 3. The summed E-state index contributed by atoms with van der Waals surface area (Å²) in [6.07, 6.45) is 0. The topological polar surface area (TPSA) is 21.3 Å². The average Bonchev–Trinajstić information content (AvgIpc) is 2.08. The standard InChI is InChI=1S/C10H11Cl2NO/c11-9-2-1-7(3-10(9)12)4-13-8-5-14-6-8/h1-3,8,13H,4-6H2. The van der Waals surface area contributed by atoms with Gasteiger partial charge in [0.05, 0.1) is 29.3 Å². The second-order valence-corrected chi connectivity index (χ2v) is 4.18. The second-order valence-electron chi connectivity index (χ2n) is 3.36. The number of hydrogen-bond acceptors (Lipinski definition) is 2. The van der Waals surface area contributed by atoms with Crippen LogP contribution in [0.2, 0.25) is 10.0 Å². The summed E-state index contributed by atoms with van der Waals surface area (Å²) in [5.74, 6) is 0. The Labute approximate surface area is 93.2 Å². The Morgan fingerprint density at radius 3 is 2.64 bits per heavy atom. The van der Waals surface area contributed by atoms with Gasteiger partial charge >= 0.3 is 0 Å². The molecule has 0 aliphatic carbocycles. The minimum atomic E-state index is 0.490. The molecule has 4 heteroatoms. The highest BCUT2D eigenvalue weighted by Gasteiger charge is 2.16. The van der Waals surface area contributed by atoms with Crippen LogP contribution in [0, 0.1) is 0 Å². The molecule has 14 heavy (non-hydrogen) atoms. The minimum absolute atomic E-state index is 0.490. The maximum Gasteiger partial charge on any atom is 0.0643 e. The molecule has 2 nitrogen and oxygen atoms in total. The van der Waals surface area contributed by atoms with Crippen molar-refractivity contribution in [3.05, 3.63) is 33.8 Å². The van der Waals surface area contributed by atoms with Crippen molar-refractivity contribution in [2.24, 2.45) is 0 Å². The predicted octanol–water partition coefficient (Wildman–Crippen LogP) is 2.48. The second kappa shape index (κ2) is 4.49. The Morgan fingerprint density at radius 1 is 1.29 bits per heavy atom. The molecule has 0 amide bonds. The third-order valence-corrected chi connectivity index (χ3v) is 2.96. The molecular formula is C10H11Cl2NO. The molecule has 2 rings (SSSR count). The highest BCUT2D eigenvalue weighted by Crippen LogP contribution is 2.22. The lowest BCUT2D eigenvalue weighted by atomic mass is 10.2. The van der Waals surface area contributed by atoms with Crippen LogP contribution in [-0.2, 0) is 11.3 Å². The summed E-state index contributed by atoms with van der Waals surface area (Å²) in [4.78, 5) is 0. The fourth-order valence-corrected chi connectivity index (χ4v) is 1.59. The number of ether oxygens (including phenoxy) is 1. The van der Waals surface area contributed by atoms with E-state index in [2.05, 4.69) is 5.32 Å². The highest BCUT2D eigenvalue weighted by atomic mass is 35.5. The molecule has 1 aliphatic heterocycles. The Bertz CT molecular complexity index is 326. The van der Waals surface area contributed by atoms with Crippen LogP contribution in [0.3, 0.4) is 0 Å². The Hall–Kier alpha value is -0.280. The first kappa shape index (κ1) is 10.2. The van der Waals surface area contributed by atoms with Crippen molar-refractivity contribution in [2.45, 2.75) is 12.6 Å². The highest BCUT2D eigenvalue weighted by molar-refractivity contribution is 6.42. The van der Waals surface area contributed by atoms with Crippen molar-refractivity contribution in [1.82, 2.24) is 5.32 Å². The summed E-state index contributed by atoms with van der Waals surface area (Å²) in [7, 11) is 0. The van der Waals surface area contributed by atoms with E-state index in [-0.39, 0.29) is 0 Å². The fraction of sp³-hybridized carbons (Fsp3) is 0.400. The molecule has 0 atom stereocenters. The molecule has 1 aromatic rings. The maximum absolute atomic E-state index is 5.89. The van der Waals surface area contributed by atoms with E-state index in [0.29, 0.717) is 16.1 Å². The van der Waals surface area contributed by atoms with E-state index in [9.17, 15) is 0 Å². The van der Waals surface area contributed by atoms with Gasteiger partial charge in [0.2, 0.25) is 0 Å². The van der Waals surface area contributed by atoms with Crippen molar-refractivity contribution < 1.29 is 4.74 Å². The van der Waals surface area contributed by atoms with E-state index in [1.165, 1.54) is 0 Å². The van der Waals surface area contributed by atoms with Crippen molar-refractivity contribution in [3.8, 4) is 0 Å². The normalized spacial score (nSPS) is 16.7. The monoisotopic (exact) mass is 231 g/mol. The molecule has 0 unspecified atom stereocenters. The number of nitrogens with one attached hydrogen (secondary N) is 1. The molecule has 1 fully saturated rings. The van der Waals surface area contributed by atoms with Gasteiger partial charge in [0.25, 0.3) is 0 Å². The molecular weight excluding hydrogens is 221 g/mol. The van der Waals surface area contributed by atoms with Crippen LogP contribution in [0.25, 0.3) is 0 Å². The largest absolute Gasteiger partial charge is 0.378 e. The Morgan fingerprint density at radius 2 is 2.07 bits per heavy atom. The Kier molecular flexibility index (Phi) is 3.29. The number of hydrogen-bond donors (Lipinski definition) is 1. The van der Waals surface area contributed by atoms with Crippen LogP contribution in [0.15, 0.2) is 18.2 Å². The van der Waals surface area contributed by atoms with Gasteiger partial charge in [0.1, 0.15) is 0 Å². The lowest BCUT2D eigenvalue weighted by Gasteiger charge is -2.27. The number of halogens is 2. The first-order valence-corrected chi connectivity index (χ1v) is 5.26. The van der Waals surface area contributed by atoms with Crippen LogP contribution >= 0.6 is 23.2 Å². The summed E-state index contributed by atoms with van der Waals surface area (Å²) < 4.78 is 5.06. The van der Waals surface area contributed by atoms with E-state index in [0.717, 1.165) is 25.3 Å². The Balaban J connectivity index is 1.91. The quantitative estimate of drug-likeness (QED) is 0.864. The van der Waals surface area contributed by atoms with Gasteiger partial charge in [-0.15, -0.1) is 0 Å². The van der Waals surface area contributed by atoms with Gasteiger partial charge in [-0.05, 0) is 17.7 Å². The molecule has 76 valence electrons.